The first-order valence-electron chi connectivity index (χ1n) is 8.25. The molecule has 0 heterocycles. The van der Waals surface area contributed by atoms with Gasteiger partial charge in [0.25, 0.3) is 0 Å². The SMILES string of the molecule is C=CCOc1cccc(NC(=S)NCCCSc2ccc(C)cc2)c1. The minimum atomic E-state index is 0.491. The van der Waals surface area contributed by atoms with Crippen LogP contribution in [0.25, 0.3) is 0 Å². The van der Waals surface area contributed by atoms with Gasteiger partial charge in [-0.25, -0.2) is 0 Å². The van der Waals surface area contributed by atoms with E-state index in [1.165, 1.54) is 10.5 Å². The zero-order valence-corrected chi connectivity index (χ0v) is 16.1. The second-order valence-corrected chi connectivity index (χ2v) is 7.10. The summed E-state index contributed by atoms with van der Waals surface area (Å²) >= 11 is 7.20. The molecule has 0 radical (unpaired) electrons. The highest BCUT2D eigenvalue weighted by atomic mass is 32.2. The van der Waals surface area contributed by atoms with E-state index in [0.29, 0.717) is 11.7 Å². The Hall–Kier alpha value is -1.98. The van der Waals surface area contributed by atoms with Gasteiger partial charge in [0.2, 0.25) is 0 Å². The molecule has 0 spiro atoms. The maximum atomic E-state index is 5.52. The largest absolute Gasteiger partial charge is 0.489 e. The Morgan fingerprint density at radius 1 is 1.24 bits per heavy atom. The number of hydrogen-bond donors (Lipinski definition) is 2. The number of thioether (sulfide) groups is 1. The Labute approximate surface area is 159 Å². The van der Waals surface area contributed by atoms with Gasteiger partial charge in [0.1, 0.15) is 12.4 Å². The molecule has 0 unspecified atom stereocenters. The van der Waals surface area contributed by atoms with E-state index in [2.05, 4.69) is 48.4 Å². The lowest BCUT2D eigenvalue weighted by Gasteiger charge is -2.11. The van der Waals surface area contributed by atoms with Crippen LogP contribution in [-0.2, 0) is 0 Å². The number of ether oxygens (including phenoxy) is 1. The molecule has 3 nitrogen and oxygen atoms in total. The molecule has 0 fully saturated rings. The molecule has 0 atom stereocenters. The molecule has 132 valence electrons. The van der Waals surface area contributed by atoms with Crippen LogP contribution in [0.4, 0.5) is 5.69 Å². The molecule has 25 heavy (non-hydrogen) atoms. The lowest BCUT2D eigenvalue weighted by molar-refractivity contribution is 0.363. The number of thiocarbonyl (C=S) groups is 1. The van der Waals surface area contributed by atoms with E-state index < -0.39 is 0 Å². The van der Waals surface area contributed by atoms with E-state index in [0.717, 1.165) is 30.2 Å². The van der Waals surface area contributed by atoms with Crippen molar-refractivity contribution in [2.24, 2.45) is 0 Å². The quantitative estimate of drug-likeness (QED) is 0.279. The molecule has 2 N–H and O–H groups in total. The molecule has 0 bridgehead atoms. The monoisotopic (exact) mass is 372 g/mol. The van der Waals surface area contributed by atoms with Crippen molar-refractivity contribution < 1.29 is 4.74 Å². The number of hydrogen-bond acceptors (Lipinski definition) is 3. The van der Waals surface area contributed by atoms with Gasteiger partial charge in [-0.15, -0.1) is 11.8 Å². The first-order valence-corrected chi connectivity index (χ1v) is 9.65. The van der Waals surface area contributed by atoms with Crippen LogP contribution in [0.5, 0.6) is 5.75 Å². The summed E-state index contributed by atoms with van der Waals surface area (Å²) in [4.78, 5) is 1.31. The van der Waals surface area contributed by atoms with Crippen LogP contribution in [0.15, 0.2) is 66.1 Å². The Kier molecular flexibility index (Phi) is 8.35. The predicted octanol–water partition coefficient (Wildman–Crippen LogP) is 5.03. The molecular formula is C20H24N2OS2. The van der Waals surface area contributed by atoms with Gasteiger partial charge >= 0.3 is 0 Å². The second kappa shape index (κ2) is 10.8. The fourth-order valence-corrected chi connectivity index (χ4v) is 3.17. The second-order valence-electron chi connectivity index (χ2n) is 5.52. The van der Waals surface area contributed by atoms with Crippen LogP contribution in [0.1, 0.15) is 12.0 Å². The fourth-order valence-electron chi connectivity index (χ4n) is 2.09. The maximum absolute atomic E-state index is 5.52. The third-order valence-electron chi connectivity index (χ3n) is 3.36. The van der Waals surface area contributed by atoms with Crippen molar-refractivity contribution in [1.29, 1.82) is 0 Å². The van der Waals surface area contributed by atoms with Crippen LogP contribution in [0.2, 0.25) is 0 Å². The molecule has 0 saturated heterocycles. The van der Waals surface area contributed by atoms with Crippen LogP contribution >= 0.6 is 24.0 Å². The average molecular weight is 373 g/mol. The highest BCUT2D eigenvalue weighted by molar-refractivity contribution is 7.99. The van der Waals surface area contributed by atoms with Gasteiger partial charge in [0, 0.05) is 23.2 Å². The van der Waals surface area contributed by atoms with Gasteiger partial charge in [-0.3, -0.25) is 0 Å². The molecule has 0 aliphatic heterocycles. The summed E-state index contributed by atoms with van der Waals surface area (Å²) < 4.78 is 5.52. The molecule has 0 aliphatic rings. The highest BCUT2D eigenvalue weighted by Crippen LogP contribution is 2.19. The zero-order chi connectivity index (χ0) is 17.9. The van der Waals surface area contributed by atoms with Crippen molar-refractivity contribution in [3.8, 4) is 5.75 Å². The van der Waals surface area contributed by atoms with E-state index >= 15 is 0 Å². The summed E-state index contributed by atoms with van der Waals surface area (Å²) in [5, 5.41) is 7.05. The molecular weight excluding hydrogens is 348 g/mol. The fraction of sp³-hybridized carbons (Fsp3) is 0.250. The number of nitrogens with one attached hydrogen (secondary N) is 2. The molecule has 2 aromatic carbocycles. The summed E-state index contributed by atoms with van der Waals surface area (Å²) in [5.74, 6) is 1.85. The van der Waals surface area contributed by atoms with E-state index in [-0.39, 0.29) is 0 Å². The van der Waals surface area contributed by atoms with Crippen LogP contribution in [0, 0.1) is 6.92 Å². The number of aryl methyl sites for hydroxylation is 1. The van der Waals surface area contributed by atoms with Crippen molar-refractivity contribution in [3.63, 3.8) is 0 Å². The Morgan fingerprint density at radius 3 is 2.80 bits per heavy atom. The minimum absolute atomic E-state index is 0.491. The van der Waals surface area contributed by atoms with Gasteiger partial charge in [-0.2, -0.15) is 0 Å². The number of benzene rings is 2. The Morgan fingerprint density at radius 2 is 2.04 bits per heavy atom. The summed E-state index contributed by atoms with van der Waals surface area (Å²) in [5.41, 5.74) is 2.20. The Bertz CT molecular complexity index is 686. The minimum Gasteiger partial charge on any atom is -0.489 e. The topological polar surface area (TPSA) is 33.3 Å². The van der Waals surface area contributed by atoms with Crippen molar-refractivity contribution in [3.05, 3.63) is 66.7 Å². The zero-order valence-electron chi connectivity index (χ0n) is 14.5. The van der Waals surface area contributed by atoms with Crippen molar-refractivity contribution in [2.75, 3.05) is 24.2 Å². The first kappa shape index (κ1) is 19.3. The van der Waals surface area contributed by atoms with Gasteiger partial charge in [-0.1, -0.05) is 36.4 Å². The van der Waals surface area contributed by atoms with Crippen LogP contribution < -0.4 is 15.4 Å². The van der Waals surface area contributed by atoms with E-state index in [4.69, 9.17) is 17.0 Å². The normalized spacial score (nSPS) is 10.1. The summed E-state index contributed by atoms with van der Waals surface area (Å²) in [7, 11) is 0. The molecule has 5 heteroatoms. The van der Waals surface area contributed by atoms with E-state index in [1.54, 1.807) is 6.08 Å². The molecule has 0 aliphatic carbocycles. The van der Waals surface area contributed by atoms with Gasteiger partial charge in [0.15, 0.2) is 5.11 Å². The number of anilines is 1. The molecule has 2 aromatic rings. The van der Waals surface area contributed by atoms with E-state index in [1.807, 2.05) is 36.0 Å². The summed E-state index contributed by atoms with van der Waals surface area (Å²) in [6.45, 7) is 7.09. The van der Waals surface area contributed by atoms with Gasteiger partial charge < -0.3 is 15.4 Å². The van der Waals surface area contributed by atoms with Crippen molar-refractivity contribution in [2.45, 2.75) is 18.2 Å². The standard InChI is InChI=1S/C20H24N2OS2/c1-3-13-23-18-7-4-6-17(15-18)22-20(24)21-12-5-14-25-19-10-8-16(2)9-11-19/h3-4,6-11,15H,1,5,12-14H2,2H3,(H2,21,22,24). The van der Waals surface area contributed by atoms with Crippen LogP contribution in [0.3, 0.4) is 0 Å². The van der Waals surface area contributed by atoms with Crippen LogP contribution in [-0.4, -0.2) is 24.0 Å². The van der Waals surface area contributed by atoms with Gasteiger partial charge in [-0.05, 0) is 55.6 Å². The molecule has 0 aromatic heterocycles. The third-order valence-corrected chi connectivity index (χ3v) is 4.70. The lowest BCUT2D eigenvalue weighted by Crippen LogP contribution is -2.29. The smallest absolute Gasteiger partial charge is 0.170 e. The van der Waals surface area contributed by atoms with E-state index in [9.17, 15) is 0 Å². The maximum Gasteiger partial charge on any atom is 0.170 e. The Balaban J connectivity index is 1.65. The molecule has 0 amide bonds. The van der Waals surface area contributed by atoms with Gasteiger partial charge in [0.05, 0.1) is 0 Å². The highest BCUT2D eigenvalue weighted by Gasteiger charge is 2.00. The third kappa shape index (κ3) is 7.63. The molecule has 0 saturated carbocycles. The average Bonchev–Trinajstić information content (AvgIpc) is 2.61. The summed E-state index contributed by atoms with van der Waals surface area (Å²) in [6.07, 6.45) is 2.77. The summed E-state index contributed by atoms with van der Waals surface area (Å²) in [6, 6.07) is 16.4. The van der Waals surface area contributed by atoms with Crippen molar-refractivity contribution in [1.82, 2.24) is 5.32 Å². The lowest BCUT2D eigenvalue weighted by atomic mass is 10.2. The first-order chi connectivity index (χ1) is 12.2. The molecule has 2 rings (SSSR count). The van der Waals surface area contributed by atoms with Crippen molar-refractivity contribution >= 4 is 34.8 Å². The number of rotatable bonds is 9. The predicted molar refractivity (Wildman–Crippen MR) is 113 cm³/mol.